The Labute approximate surface area is 118 Å². The van der Waals surface area contributed by atoms with E-state index in [0.29, 0.717) is 12.3 Å². The van der Waals surface area contributed by atoms with E-state index in [4.69, 9.17) is 9.88 Å². The first-order chi connectivity index (χ1) is 9.18. The highest BCUT2D eigenvalue weighted by molar-refractivity contribution is 7.89. The first kappa shape index (κ1) is 16.4. The van der Waals surface area contributed by atoms with E-state index in [0.717, 1.165) is 6.07 Å². The Bertz CT molecular complexity index is 600. The topological polar surface area (TPSA) is 110 Å². The molecule has 8 heteroatoms. The van der Waals surface area contributed by atoms with Crippen LogP contribution in [0.25, 0.3) is 0 Å². The third-order valence-electron chi connectivity index (χ3n) is 2.98. The Morgan fingerprint density at radius 3 is 2.55 bits per heavy atom. The fourth-order valence-corrected chi connectivity index (χ4v) is 2.30. The van der Waals surface area contributed by atoms with Crippen molar-refractivity contribution in [3.8, 4) is 0 Å². The zero-order chi connectivity index (χ0) is 15.5. The van der Waals surface area contributed by atoms with Crippen LogP contribution in [-0.2, 0) is 14.8 Å². The monoisotopic (exact) mass is 302 g/mol. The van der Waals surface area contributed by atoms with Crippen molar-refractivity contribution in [2.24, 2.45) is 5.14 Å². The quantitative estimate of drug-likeness (QED) is 0.792. The summed E-state index contributed by atoms with van der Waals surface area (Å²) < 4.78 is 27.6. The molecule has 1 rings (SSSR count). The van der Waals surface area contributed by atoms with Crippen molar-refractivity contribution in [2.75, 3.05) is 25.7 Å². The van der Waals surface area contributed by atoms with Crippen molar-refractivity contribution in [2.45, 2.75) is 17.9 Å². The smallest absolute Gasteiger partial charge is 0.337 e. The van der Waals surface area contributed by atoms with E-state index in [9.17, 15) is 18.3 Å². The molecule has 1 aromatic carbocycles. The van der Waals surface area contributed by atoms with Gasteiger partial charge in [0.15, 0.2) is 0 Å². The van der Waals surface area contributed by atoms with Gasteiger partial charge in [0.05, 0.1) is 22.8 Å². The molecule has 20 heavy (non-hydrogen) atoms. The third kappa shape index (κ3) is 3.69. The number of sulfonamides is 1. The first-order valence-electron chi connectivity index (χ1n) is 5.80. The summed E-state index contributed by atoms with van der Waals surface area (Å²) in [5.41, 5.74) is 0.274. The van der Waals surface area contributed by atoms with Crippen LogP contribution in [0, 0.1) is 0 Å². The molecule has 0 radical (unpaired) electrons. The molecule has 0 bridgehead atoms. The molecule has 0 heterocycles. The number of benzene rings is 1. The van der Waals surface area contributed by atoms with Gasteiger partial charge in [-0.25, -0.2) is 18.4 Å². The van der Waals surface area contributed by atoms with Crippen molar-refractivity contribution >= 4 is 21.7 Å². The van der Waals surface area contributed by atoms with E-state index < -0.39 is 16.0 Å². The molecule has 3 N–H and O–H groups in total. The van der Waals surface area contributed by atoms with Crippen molar-refractivity contribution in [1.29, 1.82) is 0 Å². The molecule has 1 atom stereocenters. The highest BCUT2D eigenvalue weighted by atomic mass is 32.2. The van der Waals surface area contributed by atoms with Crippen LogP contribution < -0.4 is 10.0 Å². The summed E-state index contributed by atoms with van der Waals surface area (Å²) in [7, 11) is -0.680. The van der Waals surface area contributed by atoms with E-state index >= 15 is 0 Å². The molecular weight excluding hydrogens is 284 g/mol. The maximum atomic E-state index is 11.3. The number of anilines is 1. The molecule has 0 amide bonds. The van der Waals surface area contributed by atoms with Gasteiger partial charge in [0.2, 0.25) is 10.0 Å². The highest BCUT2D eigenvalue weighted by Gasteiger charge is 2.20. The maximum absolute atomic E-state index is 11.3. The summed E-state index contributed by atoms with van der Waals surface area (Å²) in [6, 6.07) is 3.70. The number of carboxylic acids is 1. The predicted molar refractivity (Wildman–Crippen MR) is 74.5 cm³/mol. The molecule has 0 aromatic heterocycles. The largest absolute Gasteiger partial charge is 0.478 e. The first-order valence-corrected chi connectivity index (χ1v) is 7.35. The lowest BCUT2D eigenvalue weighted by atomic mass is 10.1. The number of nitrogens with two attached hydrogens (primary N) is 1. The van der Waals surface area contributed by atoms with Gasteiger partial charge in [-0.2, -0.15) is 0 Å². The van der Waals surface area contributed by atoms with Gasteiger partial charge in [-0.1, -0.05) is 0 Å². The number of hydrogen-bond acceptors (Lipinski definition) is 5. The summed E-state index contributed by atoms with van der Waals surface area (Å²) in [5.74, 6) is -1.22. The number of primary sulfonamides is 1. The number of ether oxygens (including phenoxy) is 1. The normalized spacial score (nSPS) is 13.0. The van der Waals surface area contributed by atoms with Crippen LogP contribution in [0.2, 0.25) is 0 Å². The van der Waals surface area contributed by atoms with Crippen molar-refractivity contribution in [3.05, 3.63) is 23.8 Å². The lowest BCUT2D eigenvalue weighted by molar-refractivity contribution is 0.0697. The number of aromatic carboxylic acids is 1. The van der Waals surface area contributed by atoms with Crippen LogP contribution in [0.5, 0.6) is 0 Å². The summed E-state index contributed by atoms with van der Waals surface area (Å²) in [5, 5.41) is 14.2. The number of carbonyl (C=O) groups is 1. The van der Waals surface area contributed by atoms with E-state index in [1.807, 2.05) is 6.92 Å². The van der Waals surface area contributed by atoms with Gasteiger partial charge in [0.1, 0.15) is 0 Å². The number of rotatable bonds is 6. The predicted octanol–water partition coefficient (Wildman–Crippen LogP) is 0.503. The SMILES string of the molecule is COCC(C)N(C)c1ccc(S(N)(=O)=O)cc1C(=O)O. The van der Waals surface area contributed by atoms with E-state index in [-0.39, 0.29) is 16.5 Å². The summed E-state index contributed by atoms with van der Waals surface area (Å²) >= 11 is 0. The van der Waals surface area contributed by atoms with Gasteiger partial charge in [-0.3, -0.25) is 0 Å². The number of carboxylic acid groups (broad SMARTS) is 1. The molecular formula is C12H18N2O5S. The fraction of sp³-hybridized carbons (Fsp3) is 0.417. The summed E-state index contributed by atoms with van der Waals surface area (Å²) in [4.78, 5) is 12.8. The minimum atomic E-state index is -3.94. The molecule has 0 saturated heterocycles. The minimum Gasteiger partial charge on any atom is -0.478 e. The van der Waals surface area contributed by atoms with Gasteiger partial charge in [-0.05, 0) is 25.1 Å². The Kier molecular flexibility index (Phi) is 5.09. The molecule has 0 fully saturated rings. The molecule has 0 aliphatic rings. The Morgan fingerprint density at radius 1 is 1.50 bits per heavy atom. The zero-order valence-electron chi connectivity index (χ0n) is 11.5. The molecule has 0 aliphatic carbocycles. The Balaban J connectivity index is 3.31. The lowest BCUT2D eigenvalue weighted by Gasteiger charge is -2.27. The lowest BCUT2D eigenvalue weighted by Crippen LogP contribution is -2.33. The second-order valence-corrected chi connectivity index (χ2v) is 6.01. The molecule has 112 valence electrons. The second-order valence-electron chi connectivity index (χ2n) is 4.44. The molecule has 0 saturated carbocycles. The summed E-state index contributed by atoms with van der Waals surface area (Å²) in [6.45, 7) is 2.27. The molecule has 1 aromatic rings. The average molecular weight is 302 g/mol. The number of likely N-dealkylation sites (N-methyl/N-ethyl adjacent to an activating group) is 1. The van der Waals surface area contributed by atoms with E-state index in [1.54, 1.807) is 19.1 Å². The Hall–Kier alpha value is -1.64. The fourth-order valence-electron chi connectivity index (χ4n) is 1.76. The molecule has 0 spiro atoms. The van der Waals surface area contributed by atoms with E-state index in [2.05, 4.69) is 0 Å². The van der Waals surface area contributed by atoms with E-state index in [1.165, 1.54) is 12.1 Å². The number of methoxy groups -OCH3 is 1. The molecule has 1 unspecified atom stereocenters. The number of hydrogen-bond donors (Lipinski definition) is 2. The standard InChI is InChI=1S/C12H18N2O5S/c1-8(7-19-3)14(2)11-5-4-9(20(13,17)18)6-10(11)12(15)16/h4-6,8H,7H2,1-3H3,(H,15,16)(H2,13,17,18). The van der Waals surface area contributed by atoms with Crippen molar-refractivity contribution < 1.29 is 23.1 Å². The molecule has 7 nitrogen and oxygen atoms in total. The van der Waals surface area contributed by atoms with Gasteiger partial charge in [-0.15, -0.1) is 0 Å². The van der Waals surface area contributed by atoms with Crippen molar-refractivity contribution in [1.82, 2.24) is 0 Å². The zero-order valence-corrected chi connectivity index (χ0v) is 12.3. The maximum Gasteiger partial charge on any atom is 0.337 e. The van der Waals surface area contributed by atoms with Crippen LogP contribution in [0.1, 0.15) is 17.3 Å². The van der Waals surface area contributed by atoms with Crippen LogP contribution in [-0.4, -0.2) is 46.3 Å². The van der Waals surface area contributed by atoms with Gasteiger partial charge >= 0.3 is 5.97 Å². The van der Waals surface area contributed by atoms with Crippen LogP contribution in [0.15, 0.2) is 23.1 Å². The van der Waals surface area contributed by atoms with Gasteiger partial charge in [0, 0.05) is 20.2 Å². The number of nitrogens with zero attached hydrogens (tertiary/aromatic N) is 1. The van der Waals surface area contributed by atoms with Crippen molar-refractivity contribution in [3.63, 3.8) is 0 Å². The molecule has 0 aliphatic heterocycles. The van der Waals surface area contributed by atoms with Gasteiger partial charge < -0.3 is 14.7 Å². The van der Waals surface area contributed by atoms with Crippen LogP contribution >= 0.6 is 0 Å². The Morgan fingerprint density at radius 2 is 2.10 bits per heavy atom. The van der Waals surface area contributed by atoms with Crippen LogP contribution in [0.4, 0.5) is 5.69 Å². The highest BCUT2D eigenvalue weighted by Crippen LogP contribution is 2.24. The summed E-state index contributed by atoms with van der Waals surface area (Å²) in [6.07, 6.45) is 0. The second kappa shape index (κ2) is 6.21. The van der Waals surface area contributed by atoms with Gasteiger partial charge in [0.25, 0.3) is 0 Å². The minimum absolute atomic E-state index is 0.0709. The average Bonchev–Trinajstić information content (AvgIpc) is 2.36. The third-order valence-corrected chi connectivity index (χ3v) is 3.89. The van der Waals surface area contributed by atoms with Crippen LogP contribution in [0.3, 0.4) is 0 Å².